The van der Waals surface area contributed by atoms with Crippen LogP contribution in [0.4, 0.5) is 0 Å². The van der Waals surface area contributed by atoms with Crippen LogP contribution in [-0.4, -0.2) is 16.9 Å². The Labute approximate surface area is 55.7 Å². The zero-order chi connectivity index (χ0) is 6.85. The smallest absolute Gasteiger partial charge is 0.328 e. The van der Waals surface area contributed by atoms with E-state index in [9.17, 15) is 4.79 Å². The summed E-state index contributed by atoms with van der Waals surface area (Å²) >= 11 is 0.988. The Balaban J connectivity index is 3.13. The maximum atomic E-state index is 10.6. The number of hydrogen-bond acceptors (Lipinski definition) is 4. The van der Waals surface area contributed by atoms with Crippen LogP contribution in [0.1, 0.15) is 0 Å². The molecule has 0 unspecified atom stereocenters. The van der Waals surface area contributed by atoms with Crippen molar-refractivity contribution in [3.63, 3.8) is 0 Å². The van der Waals surface area contributed by atoms with Crippen molar-refractivity contribution in [2.24, 2.45) is 7.05 Å². The molecule has 0 N–H and O–H groups in total. The van der Waals surface area contributed by atoms with Crippen molar-refractivity contribution in [3.8, 4) is 5.19 Å². The number of hydrogen-bond donors (Lipinski definition) is 0. The van der Waals surface area contributed by atoms with E-state index >= 15 is 0 Å². The third-order valence-electron chi connectivity index (χ3n) is 0.845. The number of methoxy groups -OCH3 is 1. The van der Waals surface area contributed by atoms with Crippen molar-refractivity contribution in [2.45, 2.75) is 0 Å². The quantitative estimate of drug-likeness (QED) is 0.553. The Morgan fingerprint density at radius 2 is 2.44 bits per heavy atom. The number of rotatable bonds is 1. The number of aromatic nitrogens is 2. The van der Waals surface area contributed by atoms with Gasteiger partial charge in [0.1, 0.15) is 0 Å². The molecule has 1 rings (SSSR count). The van der Waals surface area contributed by atoms with Gasteiger partial charge in [-0.2, -0.15) is 0 Å². The van der Waals surface area contributed by atoms with Gasteiger partial charge in [-0.3, -0.25) is 4.79 Å². The molecule has 4 nitrogen and oxygen atoms in total. The lowest BCUT2D eigenvalue weighted by Gasteiger charge is -1.85. The molecular weight excluding hydrogens is 140 g/mol. The van der Waals surface area contributed by atoms with E-state index in [1.807, 2.05) is 0 Å². The molecule has 0 radical (unpaired) electrons. The summed E-state index contributed by atoms with van der Waals surface area (Å²) in [6, 6.07) is 0. The Hall–Kier alpha value is -0.840. The van der Waals surface area contributed by atoms with Gasteiger partial charge in [0.2, 0.25) is 0 Å². The summed E-state index contributed by atoms with van der Waals surface area (Å²) in [7, 11) is 3.07. The average molecular weight is 146 g/mol. The van der Waals surface area contributed by atoms with E-state index in [0.29, 0.717) is 5.19 Å². The van der Waals surface area contributed by atoms with E-state index in [-0.39, 0.29) is 4.87 Å². The topological polar surface area (TPSA) is 44.1 Å². The zero-order valence-electron chi connectivity index (χ0n) is 5.12. The highest BCUT2D eigenvalue weighted by molar-refractivity contribution is 7.10. The van der Waals surface area contributed by atoms with Crippen molar-refractivity contribution in [1.82, 2.24) is 9.78 Å². The molecule has 1 heterocycles. The SMILES string of the molecule is COc1nn(C)c(=O)s1. The molecule has 0 spiro atoms. The fourth-order valence-electron chi connectivity index (χ4n) is 0.407. The summed E-state index contributed by atoms with van der Waals surface area (Å²) in [5.74, 6) is 0. The average Bonchev–Trinajstić information content (AvgIpc) is 2.13. The fourth-order valence-corrected chi connectivity index (χ4v) is 0.976. The van der Waals surface area contributed by atoms with Crippen LogP contribution < -0.4 is 9.61 Å². The molecule has 0 aromatic carbocycles. The molecule has 0 amide bonds. The third-order valence-corrected chi connectivity index (χ3v) is 1.71. The van der Waals surface area contributed by atoms with Crippen LogP contribution >= 0.6 is 11.3 Å². The lowest BCUT2D eigenvalue weighted by molar-refractivity contribution is 0.401. The van der Waals surface area contributed by atoms with Gasteiger partial charge in [-0.25, -0.2) is 4.68 Å². The molecule has 0 fully saturated rings. The largest absolute Gasteiger partial charge is 0.472 e. The zero-order valence-corrected chi connectivity index (χ0v) is 5.94. The van der Waals surface area contributed by atoms with Crippen LogP contribution in [0.15, 0.2) is 4.79 Å². The van der Waals surface area contributed by atoms with Crippen molar-refractivity contribution in [2.75, 3.05) is 7.11 Å². The summed E-state index contributed by atoms with van der Waals surface area (Å²) < 4.78 is 5.94. The molecule has 50 valence electrons. The van der Waals surface area contributed by atoms with E-state index in [1.165, 1.54) is 11.8 Å². The molecule has 5 heteroatoms. The lowest BCUT2D eigenvalue weighted by atomic mass is 11.2. The molecule has 0 aliphatic heterocycles. The summed E-state index contributed by atoms with van der Waals surface area (Å²) in [5.41, 5.74) is 0. The molecule has 0 atom stereocenters. The van der Waals surface area contributed by atoms with Crippen molar-refractivity contribution in [1.29, 1.82) is 0 Å². The van der Waals surface area contributed by atoms with Crippen molar-refractivity contribution < 1.29 is 4.74 Å². The monoisotopic (exact) mass is 146 g/mol. The highest BCUT2D eigenvalue weighted by Crippen LogP contribution is 2.05. The van der Waals surface area contributed by atoms with Gasteiger partial charge in [0.25, 0.3) is 5.19 Å². The fraction of sp³-hybridized carbons (Fsp3) is 0.500. The first-order chi connectivity index (χ1) is 4.24. The summed E-state index contributed by atoms with van der Waals surface area (Å²) in [4.78, 5) is 10.5. The second-order valence-corrected chi connectivity index (χ2v) is 2.36. The van der Waals surface area contributed by atoms with Gasteiger partial charge >= 0.3 is 4.87 Å². The summed E-state index contributed by atoms with van der Waals surface area (Å²) in [5, 5.41) is 4.13. The second-order valence-electron chi connectivity index (χ2n) is 1.46. The van der Waals surface area contributed by atoms with Gasteiger partial charge in [-0.05, 0) is 11.3 Å². The first kappa shape index (κ1) is 6.28. The maximum absolute atomic E-state index is 10.6. The molecule has 0 saturated heterocycles. The normalized spacial score (nSPS) is 9.56. The Morgan fingerprint density at radius 1 is 1.78 bits per heavy atom. The Morgan fingerprint density at radius 3 is 2.67 bits per heavy atom. The molecule has 9 heavy (non-hydrogen) atoms. The van der Waals surface area contributed by atoms with Crippen LogP contribution in [0.3, 0.4) is 0 Å². The molecule has 0 saturated carbocycles. The molecule has 1 aromatic rings. The van der Waals surface area contributed by atoms with E-state index < -0.39 is 0 Å². The standard InChI is InChI=1S/C4H6N2O2S/c1-6-4(7)9-3(5-6)8-2/h1-2H3. The van der Waals surface area contributed by atoms with Gasteiger partial charge in [-0.15, -0.1) is 5.10 Å². The van der Waals surface area contributed by atoms with Gasteiger partial charge in [0.15, 0.2) is 0 Å². The van der Waals surface area contributed by atoms with Crippen LogP contribution in [0.25, 0.3) is 0 Å². The highest BCUT2D eigenvalue weighted by atomic mass is 32.1. The second kappa shape index (κ2) is 2.18. The summed E-state index contributed by atoms with van der Waals surface area (Å²) in [6.07, 6.45) is 0. The van der Waals surface area contributed by atoms with E-state index in [2.05, 4.69) is 5.10 Å². The molecule has 1 aromatic heterocycles. The molecule has 0 bridgehead atoms. The van der Waals surface area contributed by atoms with Crippen molar-refractivity contribution >= 4 is 11.3 Å². The van der Waals surface area contributed by atoms with Crippen LogP contribution in [-0.2, 0) is 7.05 Å². The van der Waals surface area contributed by atoms with E-state index in [1.54, 1.807) is 7.05 Å². The number of ether oxygens (including phenoxy) is 1. The Kier molecular flexibility index (Phi) is 1.52. The van der Waals surface area contributed by atoms with Gasteiger partial charge < -0.3 is 4.74 Å². The van der Waals surface area contributed by atoms with Crippen LogP contribution in [0.5, 0.6) is 5.19 Å². The van der Waals surface area contributed by atoms with Gasteiger partial charge in [0.05, 0.1) is 7.11 Å². The van der Waals surface area contributed by atoms with Crippen LogP contribution in [0, 0.1) is 0 Å². The first-order valence-corrected chi connectivity index (χ1v) is 3.14. The lowest BCUT2D eigenvalue weighted by Crippen LogP contribution is -2.08. The minimum Gasteiger partial charge on any atom is -0.472 e. The molecule has 0 aliphatic carbocycles. The number of aryl methyl sites for hydroxylation is 1. The number of nitrogens with zero attached hydrogens (tertiary/aromatic N) is 2. The Bertz CT molecular complexity index is 251. The van der Waals surface area contributed by atoms with Gasteiger partial charge in [0, 0.05) is 7.05 Å². The molecule has 0 aliphatic rings. The van der Waals surface area contributed by atoms with E-state index in [4.69, 9.17) is 4.74 Å². The predicted molar refractivity (Wildman–Crippen MR) is 33.9 cm³/mol. The summed E-state index contributed by atoms with van der Waals surface area (Å²) in [6.45, 7) is 0. The molecular formula is C4H6N2O2S. The maximum Gasteiger partial charge on any atom is 0.328 e. The third kappa shape index (κ3) is 1.10. The van der Waals surface area contributed by atoms with Crippen molar-refractivity contribution in [3.05, 3.63) is 9.67 Å². The highest BCUT2D eigenvalue weighted by Gasteiger charge is 1.99. The predicted octanol–water partition coefficient (Wildman–Crippen LogP) is -0.150. The minimum absolute atomic E-state index is 0.105. The van der Waals surface area contributed by atoms with Gasteiger partial charge in [-0.1, -0.05) is 0 Å². The van der Waals surface area contributed by atoms with E-state index in [0.717, 1.165) is 11.3 Å². The minimum atomic E-state index is -0.105. The first-order valence-electron chi connectivity index (χ1n) is 2.32. The van der Waals surface area contributed by atoms with Crippen LogP contribution in [0.2, 0.25) is 0 Å².